The van der Waals surface area contributed by atoms with Crippen molar-refractivity contribution in [2.24, 2.45) is 0 Å². The van der Waals surface area contributed by atoms with Crippen molar-refractivity contribution in [2.45, 2.75) is 32.9 Å². The molecule has 1 atom stereocenters. The Morgan fingerprint density at radius 2 is 1.93 bits per heavy atom. The van der Waals surface area contributed by atoms with Crippen molar-refractivity contribution in [3.63, 3.8) is 0 Å². The van der Waals surface area contributed by atoms with Crippen molar-refractivity contribution in [1.82, 2.24) is 24.8 Å². The molecule has 0 amide bonds. The van der Waals surface area contributed by atoms with Gasteiger partial charge in [0.1, 0.15) is 23.4 Å². The number of aromatic nitrogens is 4. The molecule has 1 fully saturated rings. The number of hydrogen-bond acceptors (Lipinski definition) is 10. The number of hydrogen-bond donors (Lipinski definition) is 2. The second kappa shape index (κ2) is 11.5. The number of likely N-dealkylation sites (tertiary alicyclic amines) is 1. The predicted molar refractivity (Wildman–Crippen MR) is 171 cm³/mol. The SMILES string of the molecule is Cc1c(-c2nc3cc(C=O)cc(C#N)c3o2)cccc1-c1nccc(Nc2nccc3cc(CN4CCC(O)C4)cnc23)c1C. The number of rotatable bonds is 7. The molecule has 10 heteroatoms. The number of nitriles is 1. The number of carbonyl (C=O) groups excluding carboxylic acids is 1. The van der Waals surface area contributed by atoms with Crippen molar-refractivity contribution >= 4 is 39.8 Å². The van der Waals surface area contributed by atoms with Gasteiger partial charge in [0.25, 0.3) is 0 Å². The average Bonchev–Trinajstić information content (AvgIpc) is 3.67. The lowest BCUT2D eigenvalue weighted by Crippen LogP contribution is -2.21. The molecule has 10 nitrogen and oxygen atoms in total. The molecule has 222 valence electrons. The highest BCUT2D eigenvalue weighted by atomic mass is 16.3. The van der Waals surface area contributed by atoms with Crippen LogP contribution in [0.25, 0.3) is 44.7 Å². The number of pyridine rings is 3. The fourth-order valence-corrected chi connectivity index (χ4v) is 6.01. The molecule has 2 N–H and O–H groups in total. The van der Waals surface area contributed by atoms with E-state index in [2.05, 4.69) is 32.3 Å². The molecule has 5 heterocycles. The van der Waals surface area contributed by atoms with E-state index in [0.29, 0.717) is 41.2 Å². The normalized spacial score (nSPS) is 15.0. The summed E-state index contributed by atoms with van der Waals surface area (Å²) < 4.78 is 6.06. The van der Waals surface area contributed by atoms with Gasteiger partial charge in [-0.1, -0.05) is 12.1 Å². The molecule has 6 aromatic rings. The topological polar surface area (TPSA) is 141 Å². The van der Waals surface area contributed by atoms with Crippen LogP contribution in [0.2, 0.25) is 0 Å². The van der Waals surface area contributed by atoms with Gasteiger partial charge in [-0.3, -0.25) is 19.7 Å². The minimum absolute atomic E-state index is 0.254. The molecule has 0 saturated carbocycles. The van der Waals surface area contributed by atoms with Crippen LogP contribution in [0.4, 0.5) is 11.5 Å². The molecule has 1 aliphatic rings. The van der Waals surface area contributed by atoms with Crippen LogP contribution in [0.5, 0.6) is 0 Å². The van der Waals surface area contributed by atoms with Gasteiger partial charge in [0.05, 0.1) is 17.4 Å². The first-order valence-electron chi connectivity index (χ1n) is 14.7. The lowest BCUT2D eigenvalue weighted by molar-refractivity contribution is 0.112. The van der Waals surface area contributed by atoms with Crippen molar-refractivity contribution in [2.75, 3.05) is 18.4 Å². The van der Waals surface area contributed by atoms with Crippen molar-refractivity contribution in [3.8, 4) is 28.8 Å². The molecule has 2 aromatic carbocycles. The lowest BCUT2D eigenvalue weighted by Gasteiger charge is -2.16. The molecular formula is C35H29N7O3. The van der Waals surface area contributed by atoms with E-state index in [4.69, 9.17) is 14.4 Å². The number of oxazole rings is 1. The van der Waals surface area contributed by atoms with Crippen LogP contribution < -0.4 is 5.32 Å². The third-order valence-corrected chi connectivity index (χ3v) is 8.35. The molecule has 1 saturated heterocycles. The van der Waals surface area contributed by atoms with E-state index in [1.54, 1.807) is 18.5 Å². The summed E-state index contributed by atoms with van der Waals surface area (Å²) in [6, 6.07) is 17.1. The van der Waals surface area contributed by atoms with Gasteiger partial charge in [-0.05, 0) is 73.4 Å². The number of benzene rings is 2. The zero-order chi connectivity index (χ0) is 31.1. The molecule has 1 unspecified atom stereocenters. The standard InChI is InChI=1S/C35H29N7O3/c1-20-27(4-3-5-28(20)35-41-30-14-22(19-43)12-25(15-36)33(30)45-35)31-21(2)29(7-10-37-31)40-34-32-24(6-9-38-34)13-23(16-39-32)17-42-11-8-26(44)18-42/h3-7,9-10,12-14,16,19,26,44H,8,11,17-18H2,1-2H3,(H,37,38,40). The molecule has 0 spiro atoms. The van der Waals surface area contributed by atoms with E-state index in [9.17, 15) is 15.2 Å². The summed E-state index contributed by atoms with van der Waals surface area (Å²) in [5.41, 5.74) is 8.45. The number of aldehydes is 1. The van der Waals surface area contributed by atoms with Crippen LogP contribution in [-0.4, -0.2) is 55.4 Å². The first-order valence-corrected chi connectivity index (χ1v) is 14.7. The van der Waals surface area contributed by atoms with E-state index in [0.717, 1.165) is 69.6 Å². The Bertz CT molecular complexity index is 2150. The van der Waals surface area contributed by atoms with Crippen LogP contribution in [0.15, 0.2) is 71.5 Å². The summed E-state index contributed by atoms with van der Waals surface area (Å²) in [7, 11) is 0. The monoisotopic (exact) mass is 595 g/mol. The second-order valence-corrected chi connectivity index (χ2v) is 11.4. The number of β-amino-alcohol motifs (C(OH)–C–C–N with tert-alkyl or cyclic N) is 1. The predicted octanol–water partition coefficient (Wildman–Crippen LogP) is 6.11. The van der Waals surface area contributed by atoms with Crippen molar-refractivity contribution in [3.05, 3.63) is 94.9 Å². The Morgan fingerprint density at radius 3 is 2.73 bits per heavy atom. The number of nitrogens with one attached hydrogen (secondary N) is 1. The first-order chi connectivity index (χ1) is 21.9. The molecule has 45 heavy (non-hydrogen) atoms. The second-order valence-electron chi connectivity index (χ2n) is 11.4. The van der Waals surface area contributed by atoms with Crippen LogP contribution in [0.3, 0.4) is 0 Å². The molecule has 1 aliphatic heterocycles. The molecule has 0 aliphatic carbocycles. The van der Waals surface area contributed by atoms with Crippen LogP contribution in [0, 0.1) is 25.2 Å². The zero-order valence-electron chi connectivity index (χ0n) is 24.8. The lowest BCUT2D eigenvalue weighted by atomic mass is 9.96. The van der Waals surface area contributed by atoms with Crippen LogP contribution in [-0.2, 0) is 6.54 Å². The minimum atomic E-state index is -0.254. The van der Waals surface area contributed by atoms with Crippen molar-refractivity contribution < 1.29 is 14.3 Å². The summed E-state index contributed by atoms with van der Waals surface area (Å²) in [6.07, 6.45) is 6.66. The van der Waals surface area contributed by atoms with Gasteiger partial charge in [0.15, 0.2) is 11.4 Å². The Kier molecular flexibility index (Phi) is 7.25. The fourth-order valence-electron chi connectivity index (χ4n) is 6.01. The highest BCUT2D eigenvalue weighted by molar-refractivity contribution is 5.91. The summed E-state index contributed by atoms with van der Waals surface area (Å²) in [5.74, 6) is 1.01. The van der Waals surface area contributed by atoms with Crippen molar-refractivity contribution in [1.29, 1.82) is 5.26 Å². The quantitative estimate of drug-likeness (QED) is 0.208. The summed E-state index contributed by atoms with van der Waals surface area (Å²) in [6.45, 7) is 6.32. The Morgan fingerprint density at radius 1 is 1.09 bits per heavy atom. The number of anilines is 2. The highest BCUT2D eigenvalue weighted by Crippen LogP contribution is 2.36. The maximum absolute atomic E-state index is 11.4. The van der Waals surface area contributed by atoms with Gasteiger partial charge in [-0.2, -0.15) is 5.26 Å². The number of nitrogens with zero attached hydrogens (tertiary/aromatic N) is 6. The third kappa shape index (κ3) is 5.29. The first kappa shape index (κ1) is 28.3. The molecule has 0 bridgehead atoms. The van der Waals surface area contributed by atoms with E-state index >= 15 is 0 Å². The summed E-state index contributed by atoms with van der Waals surface area (Å²) >= 11 is 0. The Labute approximate surface area is 259 Å². The number of aliphatic hydroxyl groups is 1. The molecule has 4 aromatic heterocycles. The van der Waals surface area contributed by atoms with Crippen LogP contribution in [0.1, 0.15) is 39.0 Å². The maximum Gasteiger partial charge on any atom is 0.227 e. The number of carbonyl (C=O) groups is 1. The third-order valence-electron chi connectivity index (χ3n) is 8.35. The molecule has 7 rings (SSSR count). The largest absolute Gasteiger partial charge is 0.435 e. The van der Waals surface area contributed by atoms with Gasteiger partial charge in [0, 0.05) is 66.0 Å². The highest BCUT2D eigenvalue weighted by Gasteiger charge is 2.21. The Balaban J connectivity index is 1.21. The van der Waals surface area contributed by atoms with E-state index in [-0.39, 0.29) is 11.7 Å². The fraction of sp³-hybridized carbons (Fsp3) is 0.200. The summed E-state index contributed by atoms with van der Waals surface area (Å²) in [4.78, 5) is 32.3. The molecule has 0 radical (unpaired) electrons. The summed E-state index contributed by atoms with van der Waals surface area (Å²) in [5, 5.41) is 23.9. The maximum atomic E-state index is 11.4. The van der Waals surface area contributed by atoms with Gasteiger partial charge >= 0.3 is 0 Å². The Hall–Kier alpha value is -5.50. The van der Waals surface area contributed by atoms with Gasteiger partial charge in [-0.15, -0.1) is 0 Å². The van der Waals surface area contributed by atoms with Crippen LogP contribution >= 0.6 is 0 Å². The van der Waals surface area contributed by atoms with Gasteiger partial charge in [0.2, 0.25) is 5.89 Å². The molecular weight excluding hydrogens is 566 g/mol. The van der Waals surface area contributed by atoms with E-state index in [1.807, 2.05) is 50.4 Å². The number of fused-ring (bicyclic) bond motifs is 2. The van der Waals surface area contributed by atoms with E-state index in [1.165, 1.54) is 6.07 Å². The minimum Gasteiger partial charge on any atom is -0.435 e. The van der Waals surface area contributed by atoms with Gasteiger partial charge < -0.3 is 14.8 Å². The smallest absolute Gasteiger partial charge is 0.227 e. The number of aliphatic hydroxyl groups excluding tert-OH is 1. The van der Waals surface area contributed by atoms with Gasteiger partial charge in [-0.25, -0.2) is 9.97 Å². The average molecular weight is 596 g/mol. The zero-order valence-corrected chi connectivity index (χ0v) is 24.8. The van der Waals surface area contributed by atoms with E-state index < -0.39 is 0 Å².